The first-order chi connectivity index (χ1) is 8.78. The average Bonchev–Trinajstić information content (AvgIpc) is 3.22. The van der Waals surface area contributed by atoms with Crippen LogP contribution >= 0.6 is 0 Å². The summed E-state index contributed by atoms with van der Waals surface area (Å²) < 4.78 is 0. The Kier molecular flexibility index (Phi) is 2.90. The summed E-state index contributed by atoms with van der Waals surface area (Å²) >= 11 is 0. The van der Waals surface area contributed by atoms with Crippen LogP contribution in [0.25, 0.3) is 10.9 Å². The Balaban J connectivity index is 2.07. The lowest BCUT2D eigenvalue weighted by molar-refractivity contribution is 0.757. The number of rotatable bonds is 4. The van der Waals surface area contributed by atoms with Gasteiger partial charge in [-0.3, -0.25) is 0 Å². The van der Waals surface area contributed by atoms with Crippen LogP contribution in [0.15, 0.2) is 24.3 Å². The molecule has 1 aromatic heterocycles. The molecule has 0 saturated heterocycles. The van der Waals surface area contributed by atoms with Crippen molar-refractivity contribution in [3.63, 3.8) is 0 Å². The number of para-hydroxylation sites is 1. The Morgan fingerprint density at radius 1 is 1.28 bits per heavy atom. The van der Waals surface area contributed by atoms with Crippen LogP contribution in [0.5, 0.6) is 0 Å². The lowest BCUT2D eigenvalue weighted by Gasteiger charge is -2.15. The van der Waals surface area contributed by atoms with Gasteiger partial charge in [0.25, 0.3) is 0 Å². The molecule has 1 aliphatic carbocycles. The molecule has 0 bridgehead atoms. The van der Waals surface area contributed by atoms with Gasteiger partial charge >= 0.3 is 0 Å². The van der Waals surface area contributed by atoms with E-state index in [1.54, 1.807) is 0 Å². The molecule has 94 valence electrons. The van der Waals surface area contributed by atoms with Gasteiger partial charge in [0.2, 0.25) is 0 Å². The molecule has 18 heavy (non-hydrogen) atoms. The van der Waals surface area contributed by atoms with E-state index in [1.165, 1.54) is 12.8 Å². The molecule has 1 atom stereocenters. The van der Waals surface area contributed by atoms with Crippen LogP contribution in [0.4, 0.5) is 5.82 Å². The Bertz CT molecular complexity index is 561. The monoisotopic (exact) mass is 241 g/mol. The van der Waals surface area contributed by atoms with E-state index in [9.17, 15) is 0 Å². The zero-order valence-electron chi connectivity index (χ0n) is 11.0. The van der Waals surface area contributed by atoms with Gasteiger partial charge in [-0.2, -0.15) is 0 Å². The van der Waals surface area contributed by atoms with Crippen LogP contribution in [0.1, 0.15) is 44.9 Å². The molecule has 1 N–H and O–H groups in total. The molecule has 3 heteroatoms. The molecule has 0 aliphatic heterocycles. The first-order valence-corrected chi connectivity index (χ1v) is 6.81. The van der Waals surface area contributed by atoms with Crippen molar-refractivity contribution >= 4 is 16.7 Å². The zero-order chi connectivity index (χ0) is 12.5. The maximum Gasteiger partial charge on any atom is 0.137 e. The highest BCUT2D eigenvalue weighted by atomic mass is 15.1. The van der Waals surface area contributed by atoms with Gasteiger partial charge in [-0.1, -0.05) is 19.1 Å². The fraction of sp³-hybridized carbons (Fsp3) is 0.467. The SMILES string of the molecule is CCC(C)Nc1nc(C2CC2)nc2ccccc12. The Hall–Kier alpha value is -1.64. The summed E-state index contributed by atoms with van der Waals surface area (Å²) in [7, 11) is 0. The second-order valence-corrected chi connectivity index (χ2v) is 5.18. The molecule has 3 nitrogen and oxygen atoms in total. The van der Waals surface area contributed by atoms with Crippen molar-refractivity contribution in [1.29, 1.82) is 0 Å². The topological polar surface area (TPSA) is 37.8 Å². The lowest BCUT2D eigenvalue weighted by atomic mass is 10.2. The second-order valence-electron chi connectivity index (χ2n) is 5.18. The molecule has 1 heterocycles. The van der Waals surface area contributed by atoms with Crippen molar-refractivity contribution < 1.29 is 0 Å². The average molecular weight is 241 g/mol. The summed E-state index contributed by atoms with van der Waals surface area (Å²) in [6, 6.07) is 8.69. The second kappa shape index (κ2) is 4.56. The smallest absolute Gasteiger partial charge is 0.137 e. The normalized spacial score (nSPS) is 16.8. The molecule has 1 aromatic carbocycles. The molecular formula is C15H19N3. The highest BCUT2D eigenvalue weighted by Crippen LogP contribution is 2.39. The zero-order valence-corrected chi connectivity index (χ0v) is 11.0. The van der Waals surface area contributed by atoms with Crippen molar-refractivity contribution in [2.75, 3.05) is 5.32 Å². The molecule has 0 spiro atoms. The van der Waals surface area contributed by atoms with E-state index in [2.05, 4.69) is 36.3 Å². The van der Waals surface area contributed by atoms with Crippen molar-refractivity contribution in [1.82, 2.24) is 9.97 Å². The predicted octanol–water partition coefficient (Wildman–Crippen LogP) is 3.72. The third-order valence-electron chi connectivity index (χ3n) is 3.56. The number of nitrogens with zero attached hydrogens (tertiary/aromatic N) is 2. The Morgan fingerprint density at radius 2 is 2.06 bits per heavy atom. The first kappa shape index (κ1) is 11.5. The summed E-state index contributed by atoms with van der Waals surface area (Å²) in [6.07, 6.45) is 3.57. The van der Waals surface area contributed by atoms with E-state index in [4.69, 9.17) is 4.98 Å². The summed E-state index contributed by atoms with van der Waals surface area (Å²) in [5.41, 5.74) is 1.06. The number of aromatic nitrogens is 2. The molecule has 3 rings (SSSR count). The largest absolute Gasteiger partial charge is 0.367 e. The molecule has 0 amide bonds. The van der Waals surface area contributed by atoms with E-state index < -0.39 is 0 Å². The van der Waals surface area contributed by atoms with Crippen LogP contribution in [0.3, 0.4) is 0 Å². The van der Waals surface area contributed by atoms with Crippen molar-refractivity contribution in [2.45, 2.75) is 45.1 Å². The summed E-state index contributed by atoms with van der Waals surface area (Å²) in [6.45, 7) is 4.37. The van der Waals surface area contributed by atoms with Crippen LogP contribution < -0.4 is 5.32 Å². The molecule has 1 saturated carbocycles. The number of anilines is 1. The highest BCUT2D eigenvalue weighted by molar-refractivity contribution is 5.89. The van der Waals surface area contributed by atoms with Gasteiger partial charge in [0.15, 0.2) is 0 Å². The van der Waals surface area contributed by atoms with E-state index in [0.29, 0.717) is 12.0 Å². The minimum absolute atomic E-state index is 0.440. The van der Waals surface area contributed by atoms with Crippen LogP contribution in [0.2, 0.25) is 0 Å². The van der Waals surface area contributed by atoms with Crippen molar-refractivity contribution in [3.05, 3.63) is 30.1 Å². The highest BCUT2D eigenvalue weighted by Gasteiger charge is 2.27. The number of fused-ring (bicyclic) bond motifs is 1. The number of nitrogens with one attached hydrogen (secondary N) is 1. The molecule has 0 radical (unpaired) electrons. The minimum Gasteiger partial charge on any atom is -0.367 e. The Labute approximate surface area is 108 Å². The number of hydrogen-bond donors (Lipinski definition) is 1. The molecule has 1 aliphatic rings. The van der Waals surface area contributed by atoms with Gasteiger partial charge in [-0.15, -0.1) is 0 Å². The van der Waals surface area contributed by atoms with Gasteiger partial charge in [0.05, 0.1) is 5.52 Å². The lowest BCUT2D eigenvalue weighted by Crippen LogP contribution is -2.15. The molecule has 1 fully saturated rings. The quantitative estimate of drug-likeness (QED) is 0.886. The minimum atomic E-state index is 0.440. The third-order valence-corrected chi connectivity index (χ3v) is 3.56. The van der Waals surface area contributed by atoms with Crippen LogP contribution in [0, 0.1) is 0 Å². The molecular weight excluding hydrogens is 222 g/mol. The molecule has 2 aromatic rings. The fourth-order valence-corrected chi connectivity index (χ4v) is 2.06. The van der Waals surface area contributed by atoms with E-state index in [0.717, 1.165) is 29.0 Å². The van der Waals surface area contributed by atoms with Gasteiger partial charge in [-0.05, 0) is 38.3 Å². The fourth-order valence-electron chi connectivity index (χ4n) is 2.06. The first-order valence-electron chi connectivity index (χ1n) is 6.81. The summed E-state index contributed by atoms with van der Waals surface area (Å²) in [5, 5.41) is 4.63. The Morgan fingerprint density at radius 3 is 2.78 bits per heavy atom. The molecule has 1 unspecified atom stereocenters. The van der Waals surface area contributed by atoms with Crippen LogP contribution in [-0.2, 0) is 0 Å². The van der Waals surface area contributed by atoms with E-state index in [-0.39, 0.29) is 0 Å². The predicted molar refractivity (Wildman–Crippen MR) is 74.9 cm³/mol. The number of benzene rings is 1. The standard InChI is InChI=1S/C15H19N3/c1-3-10(2)16-15-12-6-4-5-7-13(12)17-14(18-15)11-8-9-11/h4-7,10-11H,3,8-9H2,1-2H3,(H,16,17,18). The van der Waals surface area contributed by atoms with Crippen LogP contribution in [-0.4, -0.2) is 16.0 Å². The summed E-state index contributed by atoms with van der Waals surface area (Å²) in [5.74, 6) is 2.60. The maximum absolute atomic E-state index is 4.73. The number of hydrogen-bond acceptors (Lipinski definition) is 3. The van der Waals surface area contributed by atoms with Crippen molar-refractivity contribution in [3.8, 4) is 0 Å². The van der Waals surface area contributed by atoms with Gasteiger partial charge in [-0.25, -0.2) is 9.97 Å². The third kappa shape index (κ3) is 2.17. The van der Waals surface area contributed by atoms with Gasteiger partial charge < -0.3 is 5.32 Å². The van der Waals surface area contributed by atoms with E-state index in [1.807, 2.05) is 12.1 Å². The van der Waals surface area contributed by atoms with Gasteiger partial charge in [0, 0.05) is 17.3 Å². The van der Waals surface area contributed by atoms with E-state index >= 15 is 0 Å². The van der Waals surface area contributed by atoms with Crippen molar-refractivity contribution in [2.24, 2.45) is 0 Å². The summed E-state index contributed by atoms with van der Waals surface area (Å²) in [4.78, 5) is 9.41. The van der Waals surface area contributed by atoms with Gasteiger partial charge in [0.1, 0.15) is 11.6 Å². The maximum atomic E-state index is 4.73.